The van der Waals surface area contributed by atoms with Gasteiger partial charge in [0.25, 0.3) is 5.56 Å². The van der Waals surface area contributed by atoms with E-state index in [1.807, 2.05) is 36.4 Å². The number of hydrazone groups is 1. The Bertz CT molecular complexity index is 1350. The largest absolute Gasteiger partial charge is 0.332 e. The minimum absolute atomic E-state index is 0.293. The fourth-order valence-electron chi connectivity index (χ4n) is 3.07. The summed E-state index contributed by atoms with van der Waals surface area (Å²) in [5.41, 5.74) is 4.50. The summed E-state index contributed by atoms with van der Waals surface area (Å²) >= 11 is 3.43. The lowest BCUT2D eigenvalue weighted by molar-refractivity contribution is 0.702. The number of hydrogen-bond acceptors (Lipinski definition) is 6. The predicted octanol–water partition coefficient (Wildman–Crippen LogP) is 2.09. The summed E-state index contributed by atoms with van der Waals surface area (Å²) in [6.45, 7) is 0.379. The van der Waals surface area contributed by atoms with Crippen molar-refractivity contribution in [3.05, 3.63) is 85.2 Å². The van der Waals surface area contributed by atoms with Gasteiger partial charge in [-0.05, 0) is 35.4 Å². The van der Waals surface area contributed by atoms with Gasteiger partial charge in [-0.2, -0.15) is 10.1 Å². The first kappa shape index (κ1) is 19.8. The Morgan fingerprint density at radius 1 is 1.07 bits per heavy atom. The number of nitrogens with zero attached hydrogens (tertiary/aromatic N) is 6. The highest BCUT2D eigenvalue weighted by molar-refractivity contribution is 9.10. The van der Waals surface area contributed by atoms with E-state index < -0.39 is 11.2 Å². The van der Waals surface area contributed by atoms with Gasteiger partial charge in [0.15, 0.2) is 11.2 Å². The maximum Gasteiger partial charge on any atom is 0.332 e. The topological polar surface area (TPSA) is 99.1 Å². The minimum atomic E-state index is -0.437. The Morgan fingerprint density at radius 3 is 2.47 bits per heavy atom. The fourth-order valence-corrected chi connectivity index (χ4v) is 3.34. The third-order valence-corrected chi connectivity index (χ3v) is 5.21. The van der Waals surface area contributed by atoms with E-state index in [2.05, 4.69) is 36.4 Å². The van der Waals surface area contributed by atoms with Crippen molar-refractivity contribution in [3.63, 3.8) is 0 Å². The van der Waals surface area contributed by atoms with Crippen molar-refractivity contribution in [1.29, 1.82) is 0 Å². The van der Waals surface area contributed by atoms with Crippen molar-refractivity contribution in [3.8, 4) is 0 Å². The number of nitrogens with one attached hydrogen (secondary N) is 1. The van der Waals surface area contributed by atoms with Crippen LogP contribution >= 0.6 is 15.9 Å². The summed E-state index contributed by atoms with van der Waals surface area (Å²) in [5.74, 6) is 0.358. The molecule has 0 saturated carbocycles. The lowest BCUT2D eigenvalue weighted by atomic mass is 10.2. The van der Waals surface area contributed by atoms with Crippen molar-refractivity contribution in [2.24, 2.45) is 19.2 Å². The van der Waals surface area contributed by atoms with Crippen molar-refractivity contribution in [2.75, 3.05) is 5.43 Å². The van der Waals surface area contributed by atoms with Crippen molar-refractivity contribution >= 4 is 39.3 Å². The van der Waals surface area contributed by atoms with E-state index in [9.17, 15) is 9.59 Å². The Labute approximate surface area is 179 Å². The Hall–Kier alpha value is -3.53. The number of aryl methyl sites for hydroxylation is 1. The van der Waals surface area contributed by atoms with Gasteiger partial charge in [0, 0.05) is 31.0 Å². The number of anilines is 1. The van der Waals surface area contributed by atoms with Crippen LogP contribution in [0.25, 0.3) is 11.2 Å². The van der Waals surface area contributed by atoms with Gasteiger partial charge in [-0.25, -0.2) is 10.2 Å². The average molecular weight is 468 g/mol. The minimum Gasteiger partial charge on any atom is -0.298 e. The maximum atomic E-state index is 12.9. The highest BCUT2D eigenvalue weighted by Crippen LogP contribution is 2.19. The Kier molecular flexibility index (Phi) is 5.32. The second-order valence-corrected chi connectivity index (χ2v) is 7.59. The number of imidazole rings is 1. The summed E-state index contributed by atoms with van der Waals surface area (Å²) in [6.07, 6.45) is 4.97. The van der Waals surface area contributed by atoms with E-state index >= 15 is 0 Å². The van der Waals surface area contributed by atoms with Crippen molar-refractivity contribution in [1.82, 2.24) is 23.7 Å². The molecule has 0 amide bonds. The average Bonchev–Trinajstić information content (AvgIpc) is 3.11. The highest BCUT2D eigenvalue weighted by atomic mass is 79.9. The zero-order valence-corrected chi connectivity index (χ0v) is 17.9. The SMILES string of the molecule is Cn1c(=O)c2c(nc(N/N=C/c3ccncc3)n2Cc2ccc(Br)cc2)n(C)c1=O. The number of fused-ring (bicyclic) bond motifs is 1. The van der Waals surface area contributed by atoms with Gasteiger partial charge in [-0.15, -0.1) is 0 Å². The van der Waals surface area contributed by atoms with E-state index in [-0.39, 0.29) is 0 Å². The molecule has 0 aliphatic carbocycles. The molecule has 0 atom stereocenters. The van der Waals surface area contributed by atoms with Crippen LogP contribution in [0, 0.1) is 0 Å². The van der Waals surface area contributed by atoms with Crippen LogP contribution in [0.4, 0.5) is 5.95 Å². The molecule has 30 heavy (non-hydrogen) atoms. The molecule has 0 radical (unpaired) electrons. The van der Waals surface area contributed by atoms with Gasteiger partial charge in [0.1, 0.15) is 0 Å². The van der Waals surface area contributed by atoms with Gasteiger partial charge in [-0.1, -0.05) is 28.1 Å². The first-order chi connectivity index (χ1) is 14.5. The van der Waals surface area contributed by atoms with Gasteiger partial charge in [0.2, 0.25) is 5.95 Å². The molecule has 3 heterocycles. The predicted molar refractivity (Wildman–Crippen MR) is 119 cm³/mol. The molecule has 152 valence electrons. The third kappa shape index (κ3) is 3.69. The van der Waals surface area contributed by atoms with Crippen LogP contribution in [0.2, 0.25) is 0 Å². The second-order valence-electron chi connectivity index (χ2n) is 6.68. The van der Waals surface area contributed by atoms with E-state index in [0.29, 0.717) is 23.7 Å². The lowest BCUT2D eigenvalue weighted by Crippen LogP contribution is -2.37. The Balaban J connectivity index is 1.83. The van der Waals surface area contributed by atoms with Crippen molar-refractivity contribution in [2.45, 2.75) is 6.54 Å². The maximum absolute atomic E-state index is 12.9. The summed E-state index contributed by atoms with van der Waals surface area (Å²) in [5, 5.41) is 4.24. The number of rotatable bonds is 5. The number of benzene rings is 1. The smallest absolute Gasteiger partial charge is 0.298 e. The molecule has 1 aromatic carbocycles. The van der Waals surface area contributed by atoms with Gasteiger partial charge in [-0.3, -0.25) is 23.5 Å². The van der Waals surface area contributed by atoms with E-state index in [1.54, 1.807) is 30.2 Å². The van der Waals surface area contributed by atoms with Gasteiger partial charge in [0.05, 0.1) is 12.8 Å². The molecular weight excluding hydrogens is 450 g/mol. The molecule has 3 aromatic heterocycles. The van der Waals surface area contributed by atoms with E-state index in [0.717, 1.165) is 20.2 Å². The molecule has 9 nitrogen and oxygen atoms in total. The molecule has 0 unspecified atom stereocenters. The summed E-state index contributed by atoms with van der Waals surface area (Å²) in [4.78, 5) is 33.7. The highest BCUT2D eigenvalue weighted by Gasteiger charge is 2.19. The number of halogens is 1. The Morgan fingerprint density at radius 2 is 1.77 bits per heavy atom. The number of pyridine rings is 1. The second kappa shape index (κ2) is 8.07. The van der Waals surface area contributed by atoms with E-state index in [4.69, 9.17) is 0 Å². The van der Waals surface area contributed by atoms with E-state index in [1.165, 1.54) is 11.6 Å². The van der Waals surface area contributed by atoms with Crippen LogP contribution in [0.3, 0.4) is 0 Å². The quantitative estimate of drug-likeness (QED) is 0.357. The monoisotopic (exact) mass is 467 g/mol. The molecule has 10 heteroatoms. The van der Waals surface area contributed by atoms with Crippen molar-refractivity contribution < 1.29 is 0 Å². The molecule has 0 fully saturated rings. The first-order valence-electron chi connectivity index (χ1n) is 9.05. The molecule has 1 N–H and O–H groups in total. The van der Waals surface area contributed by atoms with Crippen LogP contribution < -0.4 is 16.7 Å². The molecule has 4 rings (SSSR count). The zero-order chi connectivity index (χ0) is 21.3. The van der Waals surface area contributed by atoms with Crippen LogP contribution in [-0.2, 0) is 20.6 Å². The number of aromatic nitrogens is 5. The van der Waals surface area contributed by atoms with Crippen LogP contribution in [-0.4, -0.2) is 29.9 Å². The number of hydrogen-bond donors (Lipinski definition) is 1. The molecule has 0 aliphatic heterocycles. The molecule has 0 bridgehead atoms. The molecule has 0 aliphatic rings. The standard InChI is InChI=1S/C20H18BrN7O2/c1-26-17-16(18(29)27(2)20(26)30)28(12-14-3-5-15(21)6-4-14)19(24-17)25-23-11-13-7-9-22-10-8-13/h3-11H,12H2,1-2H3,(H,24,25)/b23-11+. The summed E-state index contributed by atoms with van der Waals surface area (Å²) in [6, 6.07) is 11.4. The lowest BCUT2D eigenvalue weighted by Gasteiger charge is -2.09. The van der Waals surface area contributed by atoms with Crippen LogP contribution in [0.15, 0.2) is 68.0 Å². The molecule has 4 aromatic rings. The van der Waals surface area contributed by atoms with Crippen LogP contribution in [0.5, 0.6) is 0 Å². The molecule has 0 spiro atoms. The fraction of sp³-hybridized carbons (Fsp3) is 0.150. The molecular formula is C20H18BrN7O2. The summed E-state index contributed by atoms with van der Waals surface area (Å²) < 4.78 is 5.11. The van der Waals surface area contributed by atoms with Gasteiger partial charge < -0.3 is 0 Å². The third-order valence-electron chi connectivity index (χ3n) is 4.69. The zero-order valence-electron chi connectivity index (χ0n) is 16.3. The van der Waals surface area contributed by atoms with Gasteiger partial charge >= 0.3 is 5.69 Å². The molecule has 0 saturated heterocycles. The first-order valence-corrected chi connectivity index (χ1v) is 9.85. The van der Waals surface area contributed by atoms with Crippen LogP contribution in [0.1, 0.15) is 11.1 Å². The summed E-state index contributed by atoms with van der Waals surface area (Å²) in [7, 11) is 3.04. The normalized spacial score (nSPS) is 11.4.